The largest absolute Gasteiger partial charge is 0.463 e. The number of carbonyl (C=O) groups excluding carboxylic acids is 2. The minimum atomic E-state index is -0.424. The first-order valence-corrected chi connectivity index (χ1v) is 10.0. The number of thioether (sulfide) groups is 1. The number of amides is 2. The van der Waals surface area contributed by atoms with E-state index >= 15 is 0 Å². The van der Waals surface area contributed by atoms with Crippen molar-refractivity contribution in [3.63, 3.8) is 0 Å². The van der Waals surface area contributed by atoms with Gasteiger partial charge >= 0.3 is 12.0 Å². The van der Waals surface area contributed by atoms with Crippen molar-refractivity contribution in [3.05, 3.63) is 28.8 Å². The molecule has 10 heteroatoms. The zero-order valence-electron chi connectivity index (χ0n) is 14.4. The van der Waals surface area contributed by atoms with Gasteiger partial charge in [-0.2, -0.15) is 0 Å². The van der Waals surface area contributed by atoms with Gasteiger partial charge in [-0.3, -0.25) is 0 Å². The van der Waals surface area contributed by atoms with E-state index in [4.69, 9.17) is 4.74 Å². The fraction of sp³-hybridized carbons (Fsp3) is 0.375. The summed E-state index contributed by atoms with van der Waals surface area (Å²) in [6.07, 6.45) is 0. The van der Waals surface area contributed by atoms with Gasteiger partial charge in [-0.05, 0) is 25.3 Å². The molecular weight excluding hydrogens is 374 g/mol. The Hall–Kier alpha value is -2.33. The normalized spacial score (nSPS) is 14.2. The number of rotatable bonds is 7. The van der Waals surface area contributed by atoms with E-state index in [9.17, 15) is 9.59 Å². The second-order valence-corrected chi connectivity index (χ2v) is 7.19. The Kier molecular flexibility index (Phi) is 5.94. The molecule has 26 heavy (non-hydrogen) atoms. The average molecular weight is 393 g/mol. The highest BCUT2D eigenvalue weighted by molar-refractivity contribution is 7.99. The molecule has 2 amide bonds. The molecule has 2 N–H and O–H groups in total. The summed E-state index contributed by atoms with van der Waals surface area (Å²) in [5.74, 6) is 0.787. The second-order valence-electron chi connectivity index (χ2n) is 5.30. The summed E-state index contributed by atoms with van der Waals surface area (Å²) in [5, 5.41) is 16.6. The molecule has 2 aromatic rings. The summed E-state index contributed by atoms with van der Waals surface area (Å²) in [4.78, 5) is 24.8. The molecule has 2 aromatic heterocycles. The molecule has 0 atom stereocenters. The fourth-order valence-corrected chi connectivity index (χ4v) is 4.18. The van der Waals surface area contributed by atoms with Crippen LogP contribution in [0.5, 0.6) is 0 Å². The third kappa shape index (κ3) is 3.91. The van der Waals surface area contributed by atoms with Gasteiger partial charge in [0.15, 0.2) is 11.0 Å². The number of urea groups is 1. The monoisotopic (exact) mass is 393 g/mol. The molecule has 138 valence electrons. The Morgan fingerprint density at radius 2 is 2.27 bits per heavy atom. The molecule has 0 radical (unpaired) electrons. The van der Waals surface area contributed by atoms with Crippen LogP contribution in [0, 0.1) is 0 Å². The van der Waals surface area contributed by atoms with Crippen LogP contribution in [0.3, 0.4) is 0 Å². The minimum Gasteiger partial charge on any atom is -0.463 e. The van der Waals surface area contributed by atoms with E-state index in [1.807, 2.05) is 29.0 Å². The van der Waals surface area contributed by atoms with Gasteiger partial charge in [0.25, 0.3) is 0 Å². The first-order chi connectivity index (χ1) is 12.6. The maximum absolute atomic E-state index is 12.1. The van der Waals surface area contributed by atoms with Crippen LogP contribution in [0.1, 0.15) is 13.8 Å². The summed E-state index contributed by atoms with van der Waals surface area (Å²) >= 11 is 3.03. The molecular formula is C16H19N5O3S2. The number of nitrogens with zero attached hydrogens (tertiary/aromatic N) is 3. The van der Waals surface area contributed by atoms with Gasteiger partial charge in [-0.15, -0.1) is 21.5 Å². The SMILES string of the molecule is CCOC(=O)C1=C(CSc2nnc(-c3cccs3)n2CC)NC(=O)NC1. The van der Waals surface area contributed by atoms with Crippen LogP contribution < -0.4 is 10.6 Å². The zero-order valence-corrected chi connectivity index (χ0v) is 16.1. The summed E-state index contributed by atoms with van der Waals surface area (Å²) < 4.78 is 7.09. The highest BCUT2D eigenvalue weighted by Crippen LogP contribution is 2.28. The highest BCUT2D eigenvalue weighted by atomic mass is 32.2. The predicted octanol–water partition coefficient (Wildman–Crippen LogP) is 2.25. The number of aromatic nitrogens is 3. The molecule has 1 aliphatic rings. The molecule has 0 spiro atoms. The molecule has 0 aliphatic carbocycles. The Bertz CT molecular complexity index is 829. The number of thiophene rings is 1. The van der Waals surface area contributed by atoms with Crippen molar-refractivity contribution in [1.82, 2.24) is 25.4 Å². The van der Waals surface area contributed by atoms with Crippen molar-refractivity contribution >= 4 is 35.1 Å². The van der Waals surface area contributed by atoms with E-state index in [0.29, 0.717) is 17.0 Å². The van der Waals surface area contributed by atoms with Crippen molar-refractivity contribution in [2.24, 2.45) is 0 Å². The standard InChI is InChI=1S/C16H19N5O3S2/c1-3-21-13(12-6-5-7-25-12)19-20-16(21)26-9-11-10(14(22)24-4-2)8-17-15(23)18-11/h5-7H,3-4,8-9H2,1-2H3,(H2,17,18,23). The number of carbonyl (C=O) groups is 2. The first kappa shape index (κ1) is 18.5. The molecule has 0 saturated carbocycles. The second kappa shape index (κ2) is 8.37. The van der Waals surface area contributed by atoms with Crippen LogP contribution in [0.25, 0.3) is 10.7 Å². The highest BCUT2D eigenvalue weighted by Gasteiger charge is 2.24. The first-order valence-electron chi connectivity index (χ1n) is 8.17. The van der Waals surface area contributed by atoms with Gasteiger partial charge < -0.3 is 19.9 Å². The maximum atomic E-state index is 12.1. The topological polar surface area (TPSA) is 98.1 Å². The molecule has 0 bridgehead atoms. The summed E-state index contributed by atoms with van der Waals surface area (Å²) in [5.41, 5.74) is 0.973. The summed E-state index contributed by atoms with van der Waals surface area (Å²) in [7, 11) is 0. The molecule has 3 rings (SSSR count). The Labute approximate surface area is 159 Å². The molecule has 0 saturated heterocycles. The summed E-state index contributed by atoms with van der Waals surface area (Å²) in [6, 6.07) is 3.65. The third-order valence-electron chi connectivity index (χ3n) is 3.70. The number of ether oxygens (including phenoxy) is 1. The molecule has 8 nitrogen and oxygen atoms in total. The number of esters is 1. The molecule has 3 heterocycles. The van der Waals surface area contributed by atoms with Crippen LogP contribution >= 0.6 is 23.1 Å². The number of nitrogens with one attached hydrogen (secondary N) is 2. The lowest BCUT2D eigenvalue weighted by Crippen LogP contribution is -2.44. The lowest BCUT2D eigenvalue weighted by atomic mass is 10.2. The predicted molar refractivity (Wildman–Crippen MR) is 99.9 cm³/mol. The minimum absolute atomic E-state index is 0.154. The zero-order chi connectivity index (χ0) is 18.5. The van der Waals surface area contributed by atoms with E-state index < -0.39 is 5.97 Å². The van der Waals surface area contributed by atoms with Crippen molar-refractivity contribution in [1.29, 1.82) is 0 Å². The van der Waals surface area contributed by atoms with Crippen molar-refractivity contribution in [2.75, 3.05) is 18.9 Å². The Balaban J connectivity index is 1.80. The quantitative estimate of drug-likeness (QED) is 0.553. The van der Waals surface area contributed by atoms with Gasteiger partial charge in [-0.1, -0.05) is 17.8 Å². The van der Waals surface area contributed by atoms with Gasteiger partial charge in [0, 0.05) is 18.0 Å². The van der Waals surface area contributed by atoms with Crippen LogP contribution in [-0.4, -0.2) is 45.7 Å². The number of hydrogen-bond donors (Lipinski definition) is 2. The van der Waals surface area contributed by atoms with Crippen LogP contribution in [0.2, 0.25) is 0 Å². The van der Waals surface area contributed by atoms with Crippen LogP contribution in [-0.2, 0) is 16.1 Å². The van der Waals surface area contributed by atoms with E-state index in [2.05, 4.69) is 20.8 Å². The van der Waals surface area contributed by atoms with Gasteiger partial charge in [0.05, 0.1) is 23.6 Å². The fourth-order valence-electron chi connectivity index (χ4n) is 2.47. The maximum Gasteiger partial charge on any atom is 0.337 e. The molecule has 0 fully saturated rings. The van der Waals surface area contributed by atoms with E-state index in [1.165, 1.54) is 11.8 Å². The average Bonchev–Trinajstić information content (AvgIpc) is 3.29. The third-order valence-corrected chi connectivity index (χ3v) is 5.56. The van der Waals surface area contributed by atoms with Crippen molar-refractivity contribution < 1.29 is 14.3 Å². The van der Waals surface area contributed by atoms with E-state index in [-0.39, 0.29) is 19.2 Å². The lowest BCUT2D eigenvalue weighted by molar-refractivity contribution is -0.138. The molecule has 1 aliphatic heterocycles. The number of hydrogen-bond acceptors (Lipinski definition) is 7. The van der Waals surface area contributed by atoms with Crippen LogP contribution in [0.15, 0.2) is 33.9 Å². The lowest BCUT2D eigenvalue weighted by Gasteiger charge is -2.21. The van der Waals surface area contributed by atoms with Gasteiger partial charge in [0.1, 0.15) is 0 Å². The van der Waals surface area contributed by atoms with Gasteiger partial charge in [0.2, 0.25) is 0 Å². The van der Waals surface area contributed by atoms with Crippen molar-refractivity contribution in [2.45, 2.75) is 25.5 Å². The van der Waals surface area contributed by atoms with Gasteiger partial charge in [-0.25, -0.2) is 9.59 Å². The summed E-state index contributed by atoms with van der Waals surface area (Å²) in [6.45, 7) is 4.93. The smallest absolute Gasteiger partial charge is 0.337 e. The van der Waals surface area contributed by atoms with Crippen molar-refractivity contribution in [3.8, 4) is 10.7 Å². The molecule has 0 aromatic carbocycles. The molecule has 0 unspecified atom stereocenters. The van der Waals surface area contributed by atoms with Crippen LogP contribution in [0.4, 0.5) is 4.79 Å². The van der Waals surface area contributed by atoms with E-state index in [1.54, 1.807) is 18.3 Å². The van der Waals surface area contributed by atoms with E-state index in [0.717, 1.165) is 22.4 Å². The Morgan fingerprint density at radius 1 is 1.42 bits per heavy atom. The Morgan fingerprint density at radius 3 is 2.96 bits per heavy atom.